The molecule has 0 aliphatic heterocycles. The molecule has 0 bridgehead atoms. The van der Waals surface area contributed by atoms with E-state index in [1.807, 2.05) is 43.3 Å². The highest BCUT2D eigenvalue weighted by Crippen LogP contribution is 2.25. The summed E-state index contributed by atoms with van der Waals surface area (Å²) in [6, 6.07) is 14.8. The molecular weight excluding hydrogens is 302 g/mol. The zero-order valence-electron chi connectivity index (χ0n) is 13.3. The van der Waals surface area contributed by atoms with Gasteiger partial charge in [-0.05, 0) is 36.8 Å². The van der Waals surface area contributed by atoms with E-state index in [2.05, 4.69) is 15.3 Å². The Labute approximate surface area is 140 Å². The molecule has 3 rings (SSSR count). The number of aryl methyl sites for hydroxylation is 1. The predicted molar refractivity (Wildman–Crippen MR) is 90.9 cm³/mol. The minimum atomic E-state index is -0.164. The first-order chi connectivity index (χ1) is 11.7. The van der Waals surface area contributed by atoms with Gasteiger partial charge >= 0.3 is 0 Å². The highest BCUT2D eigenvalue weighted by atomic mass is 16.5. The first-order valence-corrected chi connectivity index (χ1v) is 7.59. The third-order valence-electron chi connectivity index (χ3n) is 3.53. The zero-order chi connectivity index (χ0) is 16.8. The van der Waals surface area contributed by atoms with Gasteiger partial charge in [-0.15, -0.1) is 0 Å². The molecule has 0 unspecified atom stereocenters. The van der Waals surface area contributed by atoms with E-state index in [9.17, 15) is 4.79 Å². The Hall–Kier alpha value is -3.21. The van der Waals surface area contributed by atoms with Gasteiger partial charge in [0, 0.05) is 36.3 Å². The average molecular weight is 319 g/mol. The Bertz CT molecular complexity index is 835. The third-order valence-corrected chi connectivity index (χ3v) is 3.53. The van der Waals surface area contributed by atoms with Gasteiger partial charge in [-0.1, -0.05) is 24.3 Å². The Balaban J connectivity index is 1.73. The van der Waals surface area contributed by atoms with E-state index in [0.717, 1.165) is 16.9 Å². The van der Waals surface area contributed by atoms with Gasteiger partial charge in [0.05, 0.1) is 0 Å². The van der Waals surface area contributed by atoms with Crippen LogP contribution >= 0.6 is 0 Å². The summed E-state index contributed by atoms with van der Waals surface area (Å²) in [6.45, 7) is 2.30. The van der Waals surface area contributed by atoms with Crippen LogP contribution in [0.3, 0.4) is 0 Å². The Morgan fingerprint density at radius 1 is 1.04 bits per heavy atom. The molecule has 1 aromatic carbocycles. The van der Waals surface area contributed by atoms with Crippen molar-refractivity contribution in [2.24, 2.45) is 0 Å². The topological polar surface area (TPSA) is 64.1 Å². The molecule has 24 heavy (non-hydrogen) atoms. The number of ether oxygens (including phenoxy) is 1. The molecular formula is C19H17N3O2. The number of aromatic nitrogens is 2. The standard InChI is InChI=1S/C19H17N3O2/c1-14-5-2-3-7-17(14)24-19-16(6-4-10-21-19)13-22-18(23)15-8-11-20-12-9-15/h2-12H,13H2,1H3,(H,22,23). The molecule has 2 heterocycles. The van der Waals surface area contributed by atoms with Crippen molar-refractivity contribution in [2.75, 3.05) is 0 Å². The van der Waals surface area contributed by atoms with Crippen molar-refractivity contribution in [1.29, 1.82) is 0 Å². The van der Waals surface area contributed by atoms with Crippen LogP contribution in [0.4, 0.5) is 0 Å². The lowest BCUT2D eigenvalue weighted by molar-refractivity contribution is 0.0950. The number of carbonyl (C=O) groups excluding carboxylic acids is 1. The van der Waals surface area contributed by atoms with Crippen molar-refractivity contribution in [1.82, 2.24) is 15.3 Å². The van der Waals surface area contributed by atoms with Gasteiger partial charge in [-0.25, -0.2) is 4.98 Å². The minimum Gasteiger partial charge on any atom is -0.438 e. The van der Waals surface area contributed by atoms with Crippen LogP contribution in [0.25, 0.3) is 0 Å². The summed E-state index contributed by atoms with van der Waals surface area (Å²) in [5.41, 5.74) is 2.40. The summed E-state index contributed by atoms with van der Waals surface area (Å²) >= 11 is 0. The number of pyridine rings is 2. The fourth-order valence-corrected chi connectivity index (χ4v) is 2.21. The maximum atomic E-state index is 12.1. The molecule has 0 spiro atoms. The number of nitrogens with one attached hydrogen (secondary N) is 1. The molecule has 120 valence electrons. The second kappa shape index (κ2) is 7.37. The van der Waals surface area contributed by atoms with Crippen molar-refractivity contribution >= 4 is 5.91 Å². The SMILES string of the molecule is Cc1ccccc1Oc1ncccc1CNC(=O)c1ccncc1. The third kappa shape index (κ3) is 3.76. The van der Waals surface area contributed by atoms with E-state index in [4.69, 9.17) is 4.74 Å². The average Bonchev–Trinajstić information content (AvgIpc) is 2.63. The number of hydrogen-bond acceptors (Lipinski definition) is 4. The molecule has 5 heteroatoms. The van der Waals surface area contributed by atoms with Gasteiger partial charge < -0.3 is 10.1 Å². The Kier molecular flexibility index (Phi) is 4.81. The molecule has 0 aliphatic carbocycles. The smallest absolute Gasteiger partial charge is 0.251 e. The molecule has 0 radical (unpaired) electrons. The predicted octanol–water partition coefficient (Wildman–Crippen LogP) is 3.51. The second-order valence-electron chi connectivity index (χ2n) is 5.25. The number of benzene rings is 1. The van der Waals surface area contributed by atoms with E-state index >= 15 is 0 Å². The van der Waals surface area contributed by atoms with Crippen molar-refractivity contribution in [3.05, 3.63) is 83.8 Å². The summed E-state index contributed by atoms with van der Waals surface area (Å²) in [6.07, 6.45) is 4.85. The van der Waals surface area contributed by atoms with Gasteiger partial charge in [0.2, 0.25) is 5.88 Å². The highest BCUT2D eigenvalue weighted by molar-refractivity contribution is 5.93. The normalized spacial score (nSPS) is 10.2. The Morgan fingerprint density at radius 2 is 1.83 bits per heavy atom. The van der Waals surface area contributed by atoms with E-state index in [1.54, 1.807) is 30.7 Å². The summed E-state index contributed by atoms with van der Waals surface area (Å²) in [5.74, 6) is 1.07. The van der Waals surface area contributed by atoms with E-state index in [1.165, 1.54) is 0 Å². The summed E-state index contributed by atoms with van der Waals surface area (Å²) < 4.78 is 5.91. The molecule has 2 aromatic heterocycles. The fraction of sp³-hybridized carbons (Fsp3) is 0.105. The molecule has 0 fully saturated rings. The van der Waals surface area contributed by atoms with Gasteiger partial charge in [-0.2, -0.15) is 0 Å². The number of hydrogen-bond donors (Lipinski definition) is 1. The van der Waals surface area contributed by atoms with Gasteiger partial charge in [0.15, 0.2) is 0 Å². The molecule has 1 N–H and O–H groups in total. The van der Waals surface area contributed by atoms with E-state index in [0.29, 0.717) is 18.0 Å². The van der Waals surface area contributed by atoms with E-state index < -0.39 is 0 Å². The first-order valence-electron chi connectivity index (χ1n) is 7.59. The summed E-state index contributed by atoms with van der Waals surface area (Å²) in [4.78, 5) is 20.3. The second-order valence-corrected chi connectivity index (χ2v) is 5.25. The van der Waals surface area contributed by atoms with Gasteiger partial charge in [0.1, 0.15) is 5.75 Å². The molecule has 0 aliphatic rings. The molecule has 5 nitrogen and oxygen atoms in total. The number of amides is 1. The largest absolute Gasteiger partial charge is 0.438 e. The van der Waals surface area contributed by atoms with Crippen LogP contribution in [0, 0.1) is 6.92 Å². The maximum Gasteiger partial charge on any atom is 0.251 e. The fourth-order valence-electron chi connectivity index (χ4n) is 2.21. The molecule has 0 saturated heterocycles. The van der Waals surface area contributed by atoms with Gasteiger partial charge in [0.25, 0.3) is 5.91 Å². The van der Waals surface area contributed by atoms with Crippen LogP contribution in [0.1, 0.15) is 21.5 Å². The number of carbonyl (C=O) groups is 1. The number of para-hydroxylation sites is 1. The Morgan fingerprint density at radius 3 is 2.62 bits per heavy atom. The number of rotatable bonds is 5. The quantitative estimate of drug-likeness (QED) is 0.781. The van der Waals surface area contributed by atoms with E-state index in [-0.39, 0.29) is 5.91 Å². The highest BCUT2D eigenvalue weighted by Gasteiger charge is 2.10. The van der Waals surface area contributed by atoms with Crippen molar-refractivity contribution in [2.45, 2.75) is 13.5 Å². The zero-order valence-corrected chi connectivity index (χ0v) is 13.3. The summed E-state index contributed by atoms with van der Waals surface area (Å²) in [5, 5.41) is 2.87. The van der Waals surface area contributed by atoms with Crippen LogP contribution in [0.2, 0.25) is 0 Å². The molecule has 3 aromatic rings. The molecule has 0 saturated carbocycles. The molecule has 0 atom stereocenters. The van der Waals surface area contributed by atoms with Crippen molar-refractivity contribution in [3.8, 4) is 11.6 Å². The monoisotopic (exact) mass is 319 g/mol. The maximum absolute atomic E-state index is 12.1. The lowest BCUT2D eigenvalue weighted by Crippen LogP contribution is -2.23. The van der Waals surface area contributed by atoms with Crippen LogP contribution in [0.15, 0.2) is 67.1 Å². The van der Waals surface area contributed by atoms with Crippen LogP contribution in [-0.4, -0.2) is 15.9 Å². The number of nitrogens with zero attached hydrogens (tertiary/aromatic N) is 2. The molecule has 1 amide bonds. The first kappa shape index (κ1) is 15.7. The summed E-state index contributed by atoms with van der Waals surface area (Å²) in [7, 11) is 0. The van der Waals surface area contributed by atoms with Crippen LogP contribution < -0.4 is 10.1 Å². The van der Waals surface area contributed by atoms with Crippen molar-refractivity contribution in [3.63, 3.8) is 0 Å². The lowest BCUT2D eigenvalue weighted by Gasteiger charge is -2.12. The van der Waals surface area contributed by atoms with Crippen LogP contribution in [-0.2, 0) is 6.54 Å². The lowest BCUT2D eigenvalue weighted by atomic mass is 10.2. The van der Waals surface area contributed by atoms with Crippen molar-refractivity contribution < 1.29 is 9.53 Å². The minimum absolute atomic E-state index is 0.164. The van der Waals surface area contributed by atoms with Crippen LogP contribution in [0.5, 0.6) is 11.6 Å². The van der Waals surface area contributed by atoms with Gasteiger partial charge in [-0.3, -0.25) is 9.78 Å².